The number of aromatic amines is 1. The molecule has 5 rings (SSSR count). The zero-order chi connectivity index (χ0) is 17.3. The van der Waals surface area contributed by atoms with Crippen LogP contribution in [0.1, 0.15) is 12.2 Å². The van der Waals surface area contributed by atoms with E-state index in [0.29, 0.717) is 6.42 Å². The van der Waals surface area contributed by atoms with Crippen LogP contribution in [0.3, 0.4) is 0 Å². The van der Waals surface area contributed by atoms with Gasteiger partial charge in [-0.15, -0.1) is 10.2 Å². The highest BCUT2D eigenvalue weighted by molar-refractivity contribution is 5.58. The normalized spacial score (nSPS) is 13.5. The third-order valence-corrected chi connectivity index (χ3v) is 4.44. The fourth-order valence-corrected chi connectivity index (χ4v) is 3.07. The number of pyridine rings is 1. The van der Waals surface area contributed by atoms with E-state index in [1.54, 1.807) is 10.7 Å². The molecule has 0 aliphatic heterocycles. The van der Waals surface area contributed by atoms with Crippen LogP contribution in [0.25, 0.3) is 29.1 Å². The van der Waals surface area contributed by atoms with E-state index >= 15 is 0 Å². The summed E-state index contributed by atoms with van der Waals surface area (Å²) in [5, 5.41) is 22.2. The second kappa shape index (κ2) is 6.03. The first-order valence-electron chi connectivity index (χ1n) is 8.38. The quantitative estimate of drug-likeness (QED) is 0.602. The summed E-state index contributed by atoms with van der Waals surface area (Å²) in [7, 11) is 0. The molecule has 0 unspecified atom stereocenters. The van der Waals surface area contributed by atoms with Crippen molar-refractivity contribution >= 4 is 17.8 Å². The number of rotatable bonds is 3. The third-order valence-electron chi connectivity index (χ3n) is 4.44. The van der Waals surface area contributed by atoms with Gasteiger partial charge in [0.2, 0.25) is 0 Å². The Morgan fingerprint density at radius 3 is 3.04 bits per heavy atom. The Kier molecular flexibility index (Phi) is 3.41. The summed E-state index contributed by atoms with van der Waals surface area (Å²) in [5.41, 5.74) is 3.74. The predicted octanol–water partition coefficient (Wildman–Crippen LogP) is 1.04. The van der Waals surface area contributed by atoms with Gasteiger partial charge in [0, 0.05) is 24.4 Å². The Hall–Kier alpha value is -3.61. The van der Waals surface area contributed by atoms with Crippen LogP contribution in [0.4, 0.5) is 0 Å². The van der Waals surface area contributed by atoms with Gasteiger partial charge in [0.05, 0.1) is 17.2 Å². The maximum Gasteiger partial charge on any atom is 0.177 e. The summed E-state index contributed by atoms with van der Waals surface area (Å²) in [6, 6.07) is 7.89. The second-order valence-electron chi connectivity index (χ2n) is 6.15. The molecule has 1 aliphatic rings. The van der Waals surface area contributed by atoms with Crippen molar-refractivity contribution in [1.82, 2.24) is 35.0 Å². The van der Waals surface area contributed by atoms with Gasteiger partial charge in [0.25, 0.3) is 0 Å². The molecule has 0 fully saturated rings. The lowest BCUT2D eigenvalue weighted by Crippen LogP contribution is -2.26. The summed E-state index contributed by atoms with van der Waals surface area (Å²) in [4.78, 5) is 4.41. The van der Waals surface area contributed by atoms with E-state index in [1.165, 1.54) is 5.57 Å². The van der Waals surface area contributed by atoms with E-state index in [4.69, 9.17) is 0 Å². The number of hydrogen-bond donors (Lipinski definition) is 1. The highest BCUT2D eigenvalue weighted by Gasteiger charge is 2.11. The van der Waals surface area contributed by atoms with Crippen LogP contribution < -0.4 is 10.6 Å². The van der Waals surface area contributed by atoms with Crippen LogP contribution in [-0.4, -0.2) is 35.0 Å². The zero-order valence-electron chi connectivity index (χ0n) is 13.9. The van der Waals surface area contributed by atoms with Crippen LogP contribution in [-0.2, 0) is 6.42 Å². The van der Waals surface area contributed by atoms with E-state index < -0.39 is 0 Å². The lowest BCUT2D eigenvalue weighted by Gasteiger charge is -2.03. The average molecular weight is 341 g/mol. The Morgan fingerprint density at radius 2 is 2.12 bits per heavy atom. The third kappa shape index (κ3) is 2.59. The molecule has 0 amide bonds. The molecule has 4 aromatic heterocycles. The van der Waals surface area contributed by atoms with Crippen molar-refractivity contribution in [2.24, 2.45) is 0 Å². The van der Waals surface area contributed by atoms with Crippen molar-refractivity contribution in [3.8, 4) is 11.3 Å². The molecule has 7 heteroatoms. The number of nitrogens with one attached hydrogen (secondary N) is 1. The van der Waals surface area contributed by atoms with Crippen LogP contribution in [0.5, 0.6) is 0 Å². The SMILES string of the molecule is C1=C(Cc2nnc3ccc(-c4cn[nH]c4)nn23)CC=c2cccnc2=C1. The monoisotopic (exact) mass is 341 g/mol. The maximum atomic E-state index is 4.68. The van der Waals surface area contributed by atoms with Crippen molar-refractivity contribution < 1.29 is 0 Å². The van der Waals surface area contributed by atoms with Gasteiger partial charge in [0.1, 0.15) is 0 Å². The Bertz CT molecular complexity index is 1230. The highest BCUT2D eigenvalue weighted by atomic mass is 15.4. The topological polar surface area (TPSA) is 84.6 Å². The molecule has 0 saturated carbocycles. The minimum atomic E-state index is 0.685. The molecule has 1 N–H and O–H groups in total. The number of fused-ring (bicyclic) bond motifs is 2. The standard InChI is InChI=1S/C19H15N7/c1-2-14-5-3-13(4-6-16(14)20-9-1)10-19-24-23-18-8-7-17(25-26(18)19)15-11-21-22-12-15/h1-2,4-9,11-12H,3,10H2,(H,21,22). The Labute approximate surface area is 148 Å². The molecule has 7 nitrogen and oxygen atoms in total. The van der Waals surface area contributed by atoms with Crippen LogP contribution in [0.2, 0.25) is 0 Å². The second-order valence-corrected chi connectivity index (χ2v) is 6.15. The van der Waals surface area contributed by atoms with Crippen molar-refractivity contribution in [2.45, 2.75) is 12.8 Å². The molecule has 1 aliphatic carbocycles. The molecule has 0 atom stereocenters. The van der Waals surface area contributed by atoms with Gasteiger partial charge in [-0.25, -0.2) is 0 Å². The molecule has 26 heavy (non-hydrogen) atoms. The first kappa shape index (κ1) is 14.7. The molecule has 0 saturated heterocycles. The van der Waals surface area contributed by atoms with Gasteiger partial charge < -0.3 is 0 Å². The van der Waals surface area contributed by atoms with E-state index in [9.17, 15) is 0 Å². The summed E-state index contributed by atoms with van der Waals surface area (Å²) < 4.78 is 1.81. The van der Waals surface area contributed by atoms with Gasteiger partial charge in [-0.3, -0.25) is 10.1 Å². The van der Waals surface area contributed by atoms with Gasteiger partial charge in [-0.2, -0.15) is 14.7 Å². The van der Waals surface area contributed by atoms with Crippen molar-refractivity contribution in [3.63, 3.8) is 0 Å². The zero-order valence-corrected chi connectivity index (χ0v) is 13.9. The molecular weight excluding hydrogens is 326 g/mol. The van der Waals surface area contributed by atoms with Gasteiger partial charge >= 0.3 is 0 Å². The van der Waals surface area contributed by atoms with E-state index in [0.717, 1.165) is 39.7 Å². The van der Waals surface area contributed by atoms with Crippen LogP contribution >= 0.6 is 0 Å². The van der Waals surface area contributed by atoms with Crippen molar-refractivity contribution in [3.05, 3.63) is 70.9 Å². The minimum absolute atomic E-state index is 0.685. The lowest BCUT2D eigenvalue weighted by molar-refractivity contribution is 0.830. The first-order chi connectivity index (χ1) is 12.9. The van der Waals surface area contributed by atoms with Crippen molar-refractivity contribution in [1.29, 1.82) is 0 Å². The Balaban J connectivity index is 1.51. The highest BCUT2D eigenvalue weighted by Crippen LogP contribution is 2.17. The van der Waals surface area contributed by atoms with Crippen molar-refractivity contribution in [2.75, 3.05) is 0 Å². The number of nitrogens with zero attached hydrogens (tertiary/aromatic N) is 6. The fourth-order valence-electron chi connectivity index (χ4n) is 3.07. The van der Waals surface area contributed by atoms with Gasteiger partial charge in [-0.1, -0.05) is 23.8 Å². The molecule has 0 spiro atoms. The van der Waals surface area contributed by atoms with E-state index in [1.807, 2.05) is 30.6 Å². The molecule has 4 heterocycles. The lowest BCUT2D eigenvalue weighted by atomic mass is 10.1. The van der Waals surface area contributed by atoms with E-state index in [2.05, 4.69) is 54.8 Å². The molecule has 126 valence electrons. The summed E-state index contributed by atoms with van der Waals surface area (Å²) >= 11 is 0. The molecule has 0 radical (unpaired) electrons. The number of H-pyrrole nitrogens is 1. The van der Waals surface area contributed by atoms with Gasteiger partial charge in [-0.05, 0) is 35.9 Å². The minimum Gasteiger partial charge on any atom is -0.285 e. The summed E-state index contributed by atoms with van der Waals surface area (Å²) in [5.74, 6) is 0.817. The molecule has 0 aromatic carbocycles. The molecule has 0 bridgehead atoms. The molecular formula is C19H15N7. The fraction of sp³-hybridized carbons (Fsp3) is 0.105. The molecule has 4 aromatic rings. The number of allylic oxidation sites excluding steroid dienone is 2. The van der Waals surface area contributed by atoms with Gasteiger partial charge in [0.15, 0.2) is 11.5 Å². The average Bonchev–Trinajstić information content (AvgIpc) is 3.30. The number of aromatic nitrogens is 7. The van der Waals surface area contributed by atoms with E-state index in [-0.39, 0.29) is 0 Å². The first-order valence-corrected chi connectivity index (χ1v) is 8.38. The largest absolute Gasteiger partial charge is 0.285 e. The maximum absolute atomic E-state index is 4.68. The smallest absolute Gasteiger partial charge is 0.177 e. The number of hydrogen-bond acceptors (Lipinski definition) is 5. The summed E-state index contributed by atoms with van der Waals surface area (Å²) in [6.07, 6.45) is 13.3. The Morgan fingerprint density at radius 1 is 1.12 bits per heavy atom. The van der Waals surface area contributed by atoms with Crippen LogP contribution in [0, 0.1) is 0 Å². The van der Waals surface area contributed by atoms with Crippen LogP contribution in [0.15, 0.2) is 54.5 Å². The summed E-state index contributed by atoms with van der Waals surface area (Å²) in [6.45, 7) is 0. The predicted molar refractivity (Wildman–Crippen MR) is 97.2 cm³/mol.